The molecule has 0 aliphatic carbocycles. The van der Waals surface area contributed by atoms with Gasteiger partial charge < -0.3 is 19.7 Å². The van der Waals surface area contributed by atoms with Crippen LogP contribution in [-0.2, 0) is 11.3 Å². The maximum Gasteiger partial charge on any atom is 0.268 e. The quantitative estimate of drug-likeness (QED) is 0.787. The van der Waals surface area contributed by atoms with E-state index in [0.29, 0.717) is 10.7 Å². The van der Waals surface area contributed by atoms with Crippen LogP contribution in [0.4, 0.5) is 0 Å². The molecule has 1 unspecified atom stereocenters. The van der Waals surface area contributed by atoms with E-state index in [-0.39, 0.29) is 19.1 Å². The molecule has 0 aromatic carbocycles. The standard InChI is InChI=1S/C12H19ClN2O3/c1-3-4-15-6-9(13)5-11(15)12(17)14-10(7-16)8-18-2/h5-6,10,16H,3-4,7-8H2,1-2H3,(H,14,17). The third kappa shape index (κ3) is 4.01. The summed E-state index contributed by atoms with van der Waals surface area (Å²) in [6, 6.07) is 1.21. The molecule has 1 heterocycles. The van der Waals surface area contributed by atoms with Crippen LogP contribution < -0.4 is 5.32 Å². The number of carbonyl (C=O) groups is 1. The molecule has 1 aromatic rings. The molecule has 0 aliphatic heterocycles. The summed E-state index contributed by atoms with van der Waals surface area (Å²) < 4.78 is 6.71. The van der Waals surface area contributed by atoms with Crippen molar-refractivity contribution in [3.8, 4) is 0 Å². The van der Waals surface area contributed by atoms with Gasteiger partial charge in [0, 0.05) is 19.9 Å². The number of amides is 1. The van der Waals surface area contributed by atoms with Crippen LogP contribution in [0.3, 0.4) is 0 Å². The summed E-state index contributed by atoms with van der Waals surface area (Å²) in [5.74, 6) is -0.258. The minimum absolute atomic E-state index is 0.165. The van der Waals surface area contributed by atoms with Crippen LogP contribution in [0.5, 0.6) is 0 Å². The van der Waals surface area contributed by atoms with Gasteiger partial charge in [-0.3, -0.25) is 4.79 Å². The number of aryl methyl sites for hydroxylation is 1. The molecule has 18 heavy (non-hydrogen) atoms. The van der Waals surface area contributed by atoms with Crippen LogP contribution in [-0.4, -0.2) is 41.9 Å². The maximum absolute atomic E-state index is 12.0. The number of halogens is 1. The fraction of sp³-hybridized carbons (Fsp3) is 0.583. The molecule has 0 bridgehead atoms. The summed E-state index contributed by atoms with van der Waals surface area (Å²) in [7, 11) is 1.52. The second-order valence-electron chi connectivity index (χ2n) is 4.05. The molecule has 5 nitrogen and oxygen atoms in total. The molecule has 0 saturated carbocycles. The van der Waals surface area contributed by atoms with Crippen LogP contribution in [0.1, 0.15) is 23.8 Å². The summed E-state index contributed by atoms with van der Waals surface area (Å²) >= 11 is 5.90. The van der Waals surface area contributed by atoms with Gasteiger partial charge in [-0.05, 0) is 12.5 Å². The van der Waals surface area contributed by atoms with Crippen molar-refractivity contribution in [1.82, 2.24) is 9.88 Å². The third-order valence-electron chi connectivity index (χ3n) is 2.48. The second kappa shape index (κ2) is 7.41. The van der Waals surface area contributed by atoms with Gasteiger partial charge in [0.2, 0.25) is 0 Å². The van der Waals surface area contributed by atoms with Crippen molar-refractivity contribution in [3.05, 3.63) is 23.0 Å². The Kier molecular flexibility index (Phi) is 6.18. The number of nitrogens with one attached hydrogen (secondary N) is 1. The van der Waals surface area contributed by atoms with Gasteiger partial charge in [0.25, 0.3) is 5.91 Å². The van der Waals surface area contributed by atoms with Gasteiger partial charge in [-0.1, -0.05) is 18.5 Å². The lowest BCUT2D eigenvalue weighted by Gasteiger charge is -2.16. The first-order chi connectivity index (χ1) is 8.62. The molecule has 1 aromatic heterocycles. The highest BCUT2D eigenvalue weighted by Crippen LogP contribution is 2.14. The molecule has 2 N–H and O–H groups in total. The van der Waals surface area contributed by atoms with Crippen LogP contribution in [0.25, 0.3) is 0 Å². The number of ether oxygens (including phenoxy) is 1. The summed E-state index contributed by atoms with van der Waals surface area (Å²) in [5.41, 5.74) is 0.497. The van der Waals surface area contributed by atoms with Crippen LogP contribution in [0, 0.1) is 0 Å². The Morgan fingerprint density at radius 2 is 2.39 bits per heavy atom. The van der Waals surface area contributed by atoms with Crippen molar-refractivity contribution in [2.45, 2.75) is 25.9 Å². The fourth-order valence-electron chi connectivity index (χ4n) is 1.69. The van der Waals surface area contributed by atoms with Crippen LogP contribution in [0.2, 0.25) is 5.02 Å². The molecule has 0 saturated heterocycles. The van der Waals surface area contributed by atoms with Gasteiger partial charge in [0.1, 0.15) is 5.69 Å². The number of aromatic nitrogens is 1. The molecule has 1 atom stereocenters. The van der Waals surface area contributed by atoms with Crippen molar-refractivity contribution >= 4 is 17.5 Å². The number of aliphatic hydroxyl groups is 1. The number of hydrogen-bond donors (Lipinski definition) is 2. The smallest absolute Gasteiger partial charge is 0.268 e. The lowest BCUT2D eigenvalue weighted by molar-refractivity contribution is 0.0831. The van der Waals surface area contributed by atoms with E-state index in [1.165, 1.54) is 7.11 Å². The number of nitrogens with zero attached hydrogens (tertiary/aromatic N) is 1. The predicted octanol–water partition coefficient (Wildman–Crippen LogP) is 1.29. The normalized spacial score (nSPS) is 12.4. The first-order valence-corrected chi connectivity index (χ1v) is 6.26. The summed E-state index contributed by atoms with van der Waals surface area (Å²) in [6.07, 6.45) is 2.64. The molecule has 102 valence electrons. The lowest BCUT2D eigenvalue weighted by Crippen LogP contribution is -2.41. The topological polar surface area (TPSA) is 63.5 Å². The Bertz CT molecular complexity index is 393. The molecular formula is C12H19ClN2O3. The zero-order valence-electron chi connectivity index (χ0n) is 10.6. The average molecular weight is 275 g/mol. The number of aliphatic hydroxyl groups excluding tert-OH is 1. The SMILES string of the molecule is CCCn1cc(Cl)cc1C(=O)NC(CO)COC. The third-order valence-corrected chi connectivity index (χ3v) is 2.69. The second-order valence-corrected chi connectivity index (χ2v) is 4.48. The van der Waals surface area contributed by atoms with E-state index in [4.69, 9.17) is 21.4 Å². The van der Waals surface area contributed by atoms with Crippen molar-refractivity contribution < 1.29 is 14.6 Å². The fourth-order valence-corrected chi connectivity index (χ4v) is 1.91. The van der Waals surface area contributed by atoms with E-state index in [1.807, 2.05) is 6.92 Å². The molecule has 0 fully saturated rings. The molecule has 6 heteroatoms. The van der Waals surface area contributed by atoms with Crippen molar-refractivity contribution in [3.63, 3.8) is 0 Å². The molecule has 0 spiro atoms. The minimum atomic E-state index is -0.411. The molecular weight excluding hydrogens is 256 g/mol. The van der Waals surface area contributed by atoms with E-state index in [0.717, 1.165) is 13.0 Å². The van der Waals surface area contributed by atoms with E-state index >= 15 is 0 Å². The summed E-state index contributed by atoms with van der Waals surface area (Å²) in [6.45, 7) is 2.85. The number of hydrogen-bond acceptors (Lipinski definition) is 3. The van der Waals surface area contributed by atoms with Gasteiger partial charge in [-0.2, -0.15) is 0 Å². The number of carbonyl (C=O) groups excluding carboxylic acids is 1. The molecule has 1 rings (SSSR count). The lowest BCUT2D eigenvalue weighted by atomic mass is 10.3. The zero-order valence-corrected chi connectivity index (χ0v) is 11.4. The first kappa shape index (κ1) is 15.0. The number of methoxy groups -OCH3 is 1. The Hall–Kier alpha value is -1.04. The highest BCUT2D eigenvalue weighted by atomic mass is 35.5. The van der Waals surface area contributed by atoms with Gasteiger partial charge in [-0.25, -0.2) is 0 Å². The van der Waals surface area contributed by atoms with Gasteiger partial charge >= 0.3 is 0 Å². The Labute approximate surface area is 112 Å². The Balaban J connectivity index is 2.76. The first-order valence-electron chi connectivity index (χ1n) is 5.88. The van der Waals surface area contributed by atoms with E-state index in [1.54, 1.807) is 16.8 Å². The summed E-state index contributed by atoms with van der Waals surface area (Å²) in [5, 5.41) is 12.3. The Morgan fingerprint density at radius 3 is 2.94 bits per heavy atom. The Morgan fingerprint density at radius 1 is 1.67 bits per heavy atom. The molecule has 1 amide bonds. The van der Waals surface area contributed by atoms with Gasteiger partial charge in [-0.15, -0.1) is 0 Å². The van der Waals surface area contributed by atoms with Crippen LogP contribution in [0.15, 0.2) is 12.3 Å². The largest absolute Gasteiger partial charge is 0.394 e. The van der Waals surface area contributed by atoms with Gasteiger partial charge in [0.05, 0.1) is 24.3 Å². The zero-order chi connectivity index (χ0) is 13.5. The minimum Gasteiger partial charge on any atom is -0.394 e. The monoisotopic (exact) mass is 274 g/mol. The van der Waals surface area contributed by atoms with Crippen molar-refractivity contribution in [2.24, 2.45) is 0 Å². The van der Waals surface area contributed by atoms with E-state index < -0.39 is 6.04 Å². The summed E-state index contributed by atoms with van der Waals surface area (Å²) in [4.78, 5) is 12.0. The van der Waals surface area contributed by atoms with E-state index in [9.17, 15) is 4.79 Å². The highest BCUT2D eigenvalue weighted by molar-refractivity contribution is 6.31. The predicted molar refractivity (Wildman–Crippen MR) is 69.9 cm³/mol. The highest BCUT2D eigenvalue weighted by Gasteiger charge is 2.16. The maximum atomic E-state index is 12.0. The van der Waals surface area contributed by atoms with Crippen molar-refractivity contribution in [1.29, 1.82) is 0 Å². The van der Waals surface area contributed by atoms with Crippen LogP contribution >= 0.6 is 11.6 Å². The van der Waals surface area contributed by atoms with E-state index in [2.05, 4.69) is 5.32 Å². The molecule has 0 radical (unpaired) electrons. The number of rotatable bonds is 7. The van der Waals surface area contributed by atoms with Crippen molar-refractivity contribution in [2.75, 3.05) is 20.3 Å². The molecule has 0 aliphatic rings. The average Bonchev–Trinajstić information content (AvgIpc) is 2.70. The van der Waals surface area contributed by atoms with Gasteiger partial charge in [0.15, 0.2) is 0 Å².